The van der Waals surface area contributed by atoms with Crippen LogP contribution in [-0.4, -0.2) is 50.4 Å². The van der Waals surface area contributed by atoms with Gasteiger partial charge in [-0.15, -0.1) is 0 Å². The summed E-state index contributed by atoms with van der Waals surface area (Å²) < 4.78 is 0. The lowest BCUT2D eigenvalue weighted by atomic mass is 9.78. The number of benzene rings is 1. The summed E-state index contributed by atoms with van der Waals surface area (Å²) in [5, 5.41) is 30.6. The molecule has 0 heterocycles. The topological polar surface area (TPSA) is 81.0 Å². The number of carbonyl (C=O) groups is 1. The molecular weight excluding hydrogens is 378 g/mol. The van der Waals surface area contributed by atoms with E-state index in [0.29, 0.717) is 12.2 Å². The maximum atomic E-state index is 13.2. The third-order valence-corrected chi connectivity index (χ3v) is 5.55. The van der Waals surface area contributed by atoms with Crippen molar-refractivity contribution >= 4 is 5.91 Å². The van der Waals surface area contributed by atoms with Gasteiger partial charge in [-0.3, -0.25) is 4.79 Å². The molecule has 5 nitrogen and oxygen atoms in total. The minimum absolute atomic E-state index is 0.115. The molecule has 0 radical (unpaired) electrons. The van der Waals surface area contributed by atoms with Gasteiger partial charge in [-0.05, 0) is 61.6 Å². The number of amides is 1. The average molecular weight is 422 g/mol. The van der Waals surface area contributed by atoms with Gasteiger partial charge in [0, 0.05) is 12.0 Å². The van der Waals surface area contributed by atoms with Crippen LogP contribution in [0.4, 0.5) is 0 Å². The third-order valence-electron chi connectivity index (χ3n) is 5.55. The Balaban J connectivity index is 3.32. The zero-order chi connectivity index (χ0) is 23.7. The highest BCUT2D eigenvalue weighted by Gasteiger charge is 2.41. The van der Waals surface area contributed by atoms with Crippen molar-refractivity contribution in [2.75, 3.05) is 13.2 Å². The number of aryl methyl sites for hydroxylation is 1. The van der Waals surface area contributed by atoms with E-state index in [2.05, 4.69) is 41.5 Å². The Kier molecular flexibility index (Phi) is 7.82. The van der Waals surface area contributed by atoms with Gasteiger partial charge in [0.2, 0.25) is 5.91 Å². The summed E-state index contributed by atoms with van der Waals surface area (Å²) in [5.74, 6) is 0.213. The molecule has 0 aliphatic heterocycles. The van der Waals surface area contributed by atoms with Crippen molar-refractivity contribution in [3.63, 3.8) is 0 Å². The monoisotopic (exact) mass is 421 g/mol. The zero-order valence-electron chi connectivity index (χ0n) is 20.7. The fourth-order valence-electron chi connectivity index (χ4n) is 4.02. The summed E-state index contributed by atoms with van der Waals surface area (Å²) in [6, 6.07) is 3.99. The third kappa shape index (κ3) is 5.98. The smallest absolute Gasteiger partial charge is 0.223 e. The van der Waals surface area contributed by atoms with Crippen molar-refractivity contribution in [2.45, 2.75) is 104 Å². The van der Waals surface area contributed by atoms with E-state index in [9.17, 15) is 20.1 Å². The average Bonchev–Trinajstić information content (AvgIpc) is 2.57. The van der Waals surface area contributed by atoms with E-state index in [-0.39, 0.29) is 36.4 Å². The van der Waals surface area contributed by atoms with Crippen LogP contribution < -0.4 is 0 Å². The first kappa shape index (κ1) is 26.4. The molecule has 0 saturated heterocycles. The lowest BCUT2D eigenvalue weighted by molar-refractivity contribution is -0.150. The number of aromatic hydroxyl groups is 1. The Morgan fingerprint density at radius 3 is 1.53 bits per heavy atom. The number of aliphatic hydroxyl groups is 2. The molecule has 1 amide bonds. The van der Waals surface area contributed by atoms with Gasteiger partial charge >= 0.3 is 0 Å². The van der Waals surface area contributed by atoms with Gasteiger partial charge in [-0.1, -0.05) is 53.7 Å². The Labute approximate surface area is 183 Å². The highest BCUT2D eigenvalue weighted by Crippen LogP contribution is 2.40. The van der Waals surface area contributed by atoms with E-state index in [1.54, 1.807) is 11.8 Å². The molecule has 1 aromatic rings. The normalized spacial score (nSPS) is 13.5. The van der Waals surface area contributed by atoms with E-state index < -0.39 is 11.1 Å². The maximum Gasteiger partial charge on any atom is 0.223 e. The fraction of sp³-hybridized carbons (Fsp3) is 0.720. The van der Waals surface area contributed by atoms with Crippen LogP contribution in [0.15, 0.2) is 12.1 Å². The second-order valence-electron chi connectivity index (χ2n) is 11.8. The van der Waals surface area contributed by atoms with Crippen molar-refractivity contribution in [1.29, 1.82) is 0 Å². The Morgan fingerprint density at radius 2 is 1.23 bits per heavy atom. The SMILES string of the molecule is CC(C)(C)c1cc(CCC(=O)N(C(C)(C)C)C(C)(CO)CO)cc(C(C)(C)C)c1O. The minimum atomic E-state index is -1.03. The molecule has 1 aromatic carbocycles. The lowest BCUT2D eigenvalue weighted by Crippen LogP contribution is -2.62. The van der Waals surface area contributed by atoms with Crippen molar-refractivity contribution in [3.8, 4) is 5.75 Å². The number of phenolic OH excluding ortho intramolecular Hbond substituents is 1. The second-order valence-corrected chi connectivity index (χ2v) is 11.8. The molecule has 0 fully saturated rings. The highest BCUT2D eigenvalue weighted by molar-refractivity contribution is 5.78. The Hall–Kier alpha value is -1.59. The largest absolute Gasteiger partial charge is 0.507 e. The van der Waals surface area contributed by atoms with E-state index in [0.717, 1.165) is 16.7 Å². The molecule has 30 heavy (non-hydrogen) atoms. The molecule has 3 N–H and O–H groups in total. The van der Waals surface area contributed by atoms with Crippen LogP contribution in [0.3, 0.4) is 0 Å². The van der Waals surface area contributed by atoms with Crippen molar-refractivity contribution < 1.29 is 20.1 Å². The Morgan fingerprint density at radius 1 is 0.833 bits per heavy atom. The molecule has 0 atom stereocenters. The zero-order valence-corrected chi connectivity index (χ0v) is 20.7. The fourth-order valence-corrected chi connectivity index (χ4v) is 4.02. The summed E-state index contributed by atoms with van der Waals surface area (Å²) in [7, 11) is 0. The Bertz CT molecular complexity index is 709. The van der Waals surface area contributed by atoms with Crippen molar-refractivity contribution in [1.82, 2.24) is 4.90 Å². The number of rotatable bonds is 6. The van der Waals surface area contributed by atoms with Gasteiger partial charge in [0.25, 0.3) is 0 Å². The quantitative estimate of drug-likeness (QED) is 0.640. The molecule has 172 valence electrons. The molecular formula is C25H43NO4. The molecule has 0 aliphatic carbocycles. The number of hydrogen-bond donors (Lipinski definition) is 3. The molecule has 0 spiro atoms. The van der Waals surface area contributed by atoms with Crippen LogP contribution in [0.5, 0.6) is 5.75 Å². The molecule has 0 bridgehead atoms. The molecule has 0 aromatic heterocycles. The first-order valence-electron chi connectivity index (χ1n) is 10.8. The van der Waals surface area contributed by atoms with E-state index in [1.807, 2.05) is 32.9 Å². The van der Waals surface area contributed by atoms with Gasteiger partial charge < -0.3 is 20.2 Å². The number of carbonyl (C=O) groups excluding carboxylic acids is 1. The summed E-state index contributed by atoms with van der Waals surface area (Å²) in [6.07, 6.45) is 0.773. The predicted molar refractivity (Wildman–Crippen MR) is 123 cm³/mol. The first-order valence-corrected chi connectivity index (χ1v) is 10.8. The van der Waals surface area contributed by atoms with E-state index >= 15 is 0 Å². The van der Waals surface area contributed by atoms with Crippen LogP contribution in [-0.2, 0) is 22.0 Å². The van der Waals surface area contributed by atoms with Gasteiger partial charge in [0.15, 0.2) is 0 Å². The van der Waals surface area contributed by atoms with Crippen LogP contribution >= 0.6 is 0 Å². The van der Waals surface area contributed by atoms with Gasteiger partial charge in [0.1, 0.15) is 5.75 Å². The standard InChI is InChI=1S/C25H43NO4/c1-22(2,3)18-13-17(14-19(21(18)30)23(4,5)6)11-12-20(29)26(24(7,8)9)25(10,15-27)16-28/h13-14,27-28,30H,11-12,15-16H2,1-10H3. The number of hydrogen-bond acceptors (Lipinski definition) is 4. The molecule has 5 heteroatoms. The molecule has 0 unspecified atom stereocenters. The van der Waals surface area contributed by atoms with Crippen LogP contribution in [0, 0.1) is 0 Å². The first-order chi connectivity index (χ1) is 13.4. The number of phenols is 1. The number of aliphatic hydroxyl groups excluding tert-OH is 2. The van der Waals surface area contributed by atoms with Gasteiger partial charge in [-0.2, -0.15) is 0 Å². The van der Waals surface area contributed by atoms with Crippen LogP contribution in [0.25, 0.3) is 0 Å². The second kappa shape index (κ2) is 8.88. The molecule has 1 rings (SSSR count). The van der Waals surface area contributed by atoms with E-state index in [4.69, 9.17) is 0 Å². The summed E-state index contributed by atoms with van der Waals surface area (Å²) in [6.45, 7) is 19.2. The summed E-state index contributed by atoms with van der Waals surface area (Å²) >= 11 is 0. The minimum Gasteiger partial charge on any atom is -0.507 e. The predicted octanol–water partition coefficient (Wildman–Crippen LogP) is 4.29. The van der Waals surface area contributed by atoms with Gasteiger partial charge in [-0.25, -0.2) is 0 Å². The lowest BCUT2D eigenvalue weighted by Gasteiger charge is -2.47. The van der Waals surface area contributed by atoms with Crippen LogP contribution in [0.1, 0.15) is 92.3 Å². The summed E-state index contributed by atoms with van der Waals surface area (Å²) in [4.78, 5) is 14.8. The van der Waals surface area contributed by atoms with Gasteiger partial charge in [0.05, 0.1) is 18.8 Å². The van der Waals surface area contributed by atoms with Crippen LogP contribution in [0.2, 0.25) is 0 Å². The van der Waals surface area contributed by atoms with Crippen molar-refractivity contribution in [3.05, 3.63) is 28.8 Å². The van der Waals surface area contributed by atoms with E-state index in [1.165, 1.54) is 0 Å². The number of nitrogens with zero attached hydrogens (tertiary/aromatic N) is 1. The highest BCUT2D eigenvalue weighted by atomic mass is 16.3. The molecule has 0 saturated carbocycles. The summed E-state index contributed by atoms with van der Waals surface area (Å²) in [5.41, 5.74) is 0.722. The maximum absolute atomic E-state index is 13.2. The van der Waals surface area contributed by atoms with Crippen molar-refractivity contribution in [2.24, 2.45) is 0 Å². The molecule has 0 aliphatic rings.